The molecule has 0 saturated carbocycles. The molecule has 0 spiro atoms. The Labute approximate surface area is 136 Å². The van der Waals surface area contributed by atoms with Gasteiger partial charge in [-0.2, -0.15) is 0 Å². The van der Waals surface area contributed by atoms with E-state index in [2.05, 4.69) is 15.6 Å². The van der Waals surface area contributed by atoms with Gasteiger partial charge in [-0.1, -0.05) is 17.7 Å². The molecule has 1 unspecified atom stereocenters. The lowest BCUT2D eigenvalue weighted by molar-refractivity contribution is 0.117. The van der Waals surface area contributed by atoms with Crippen molar-refractivity contribution in [1.82, 2.24) is 10.6 Å². The molecule has 1 atom stereocenters. The normalized spacial score (nSPS) is 18.5. The molecule has 0 amide bonds. The van der Waals surface area contributed by atoms with Gasteiger partial charge in [-0.25, -0.2) is 4.39 Å². The van der Waals surface area contributed by atoms with Crippen molar-refractivity contribution < 1.29 is 9.13 Å². The van der Waals surface area contributed by atoms with E-state index >= 15 is 0 Å². The van der Waals surface area contributed by atoms with Gasteiger partial charge < -0.3 is 15.4 Å². The van der Waals surface area contributed by atoms with Crippen LogP contribution in [0.1, 0.15) is 25.3 Å². The number of hydrogen-bond acceptors (Lipinski definition) is 2. The predicted octanol–water partition coefficient (Wildman–Crippen LogP) is 2.76. The maximum absolute atomic E-state index is 13.0. The molecule has 0 radical (unpaired) electrons. The Bertz CT molecular complexity index is 504. The van der Waals surface area contributed by atoms with Crippen LogP contribution in [0.5, 0.6) is 0 Å². The van der Waals surface area contributed by atoms with Gasteiger partial charge in [-0.05, 0) is 43.9 Å². The average molecular weight is 328 g/mol. The largest absolute Gasteiger partial charge is 0.376 e. The van der Waals surface area contributed by atoms with Gasteiger partial charge >= 0.3 is 0 Å². The highest BCUT2D eigenvalue weighted by Gasteiger charge is 2.14. The molecule has 22 heavy (non-hydrogen) atoms. The Morgan fingerprint density at radius 3 is 3.00 bits per heavy atom. The Morgan fingerprint density at radius 1 is 1.45 bits per heavy atom. The van der Waals surface area contributed by atoms with E-state index in [0.29, 0.717) is 24.5 Å². The van der Waals surface area contributed by atoms with E-state index in [1.165, 1.54) is 12.1 Å². The van der Waals surface area contributed by atoms with Crippen LogP contribution < -0.4 is 10.6 Å². The highest BCUT2D eigenvalue weighted by Crippen LogP contribution is 2.17. The number of benzene rings is 1. The Morgan fingerprint density at radius 2 is 2.32 bits per heavy atom. The fourth-order valence-corrected chi connectivity index (χ4v) is 2.62. The van der Waals surface area contributed by atoms with Crippen molar-refractivity contribution in [3.05, 3.63) is 34.6 Å². The van der Waals surface area contributed by atoms with E-state index in [1.807, 2.05) is 6.92 Å². The van der Waals surface area contributed by atoms with Crippen molar-refractivity contribution in [2.24, 2.45) is 4.99 Å². The van der Waals surface area contributed by atoms with Gasteiger partial charge in [0.15, 0.2) is 5.96 Å². The van der Waals surface area contributed by atoms with Crippen molar-refractivity contribution in [1.29, 1.82) is 0 Å². The smallest absolute Gasteiger partial charge is 0.191 e. The third-order valence-corrected chi connectivity index (χ3v) is 3.87. The zero-order valence-corrected chi connectivity index (χ0v) is 13.6. The quantitative estimate of drug-likeness (QED) is 0.624. The molecular formula is C16H23ClFN3O. The summed E-state index contributed by atoms with van der Waals surface area (Å²) in [6.45, 7) is 5.03. The van der Waals surface area contributed by atoms with E-state index in [4.69, 9.17) is 16.3 Å². The maximum atomic E-state index is 13.0. The first-order valence-electron chi connectivity index (χ1n) is 7.76. The summed E-state index contributed by atoms with van der Waals surface area (Å²) in [5.41, 5.74) is 0.922. The number of nitrogens with zero attached hydrogens (tertiary/aromatic N) is 1. The van der Waals surface area contributed by atoms with Crippen molar-refractivity contribution >= 4 is 17.6 Å². The van der Waals surface area contributed by atoms with Crippen molar-refractivity contribution in [2.75, 3.05) is 26.2 Å². The number of hydrogen-bond donors (Lipinski definition) is 2. The third kappa shape index (κ3) is 5.46. The molecule has 0 aromatic heterocycles. The van der Waals surface area contributed by atoms with E-state index in [9.17, 15) is 4.39 Å². The van der Waals surface area contributed by atoms with Crippen LogP contribution in [0.2, 0.25) is 5.02 Å². The van der Waals surface area contributed by atoms with Crippen molar-refractivity contribution in [3.63, 3.8) is 0 Å². The van der Waals surface area contributed by atoms with Gasteiger partial charge in [0.25, 0.3) is 0 Å². The molecule has 1 heterocycles. The molecule has 1 aliphatic rings. The fourth-order valence-electron chi connectivity index (χ4n) is 2.36. The summed E-state index contributed by atoms with van der Waals surface area (Å²) >= 11 is 6.02. The molecule has 1 aromatic rings. The van der Waals surface area contributed by atoms with Gasteiger partial charge in [-0.15, -0.1) is 0 Å². The summed E-state index contributed by atoms with van der Waals surface area (Å²) in [5.74, 6) is 0.462. The first-order chi connectivity index (χ1) is 10.7. The Kier molecular flexibility index (Phi) is 6.93. The minimum Gasteiger partial charge on any atom is -0.376 e. The van der Waals surface area contributed by atoms with Crippen LogP contribution >= 0.6 is 11.6 Å². The summed E-state index contributed by atoms with van der Waals surface area (Å²) < 4.78 is 18.6. The average Bonchev–Trinajstić information content (AvgIpc) is 3.00. The lowest BCUT2D eigenvalue weighted by Gasteiger charge is -2.13. The minimum absolute atomic E-state index is 0.238. The topological polar surface area (TPSA) is 45.7 Å². The van der Waals surface area contributed by atoms with E-state index in [-0.39, 0.29) is 11.9 Å². The summed E-state index contributed by atoms with van der Waals surface area (Å²) in [5, 5.41) is 6.93. The SMILES string of the molecule is CCNC(=NCC1CCCO1)NCCc1ccc(F)cc1Cl. The molecule has 1 saturated heterocycles. The van der Waals surface area contributed by atoms with Crippen LogP contribution in [0.25, 0.3) is 0 Å². The second-order valence-corrected chi connectivity index (χ2v) is 5.67. The monoisotopic (exact) mass is 327 g/mol. The van der Waals surface area contributed by atoms with E-state index < -0.39 is 0 Å². The van der Waals surface area contributed by atoms with Gasteiger partial charge in [0.1, 0.15) is 5.82 Å². The number of nitrogens with one attached hydrogen (secondary N) is 2. The number of aliphatic imine (C=N–C) groups is 1. The molecule has 1 aliphatic heterocycles. The van der Waals surface area contributed by atoms with Crippen LogP contribution in [0.4, 0.5) is 4.39 Å². The molecule has 6 heteroatoms. The molecule has 2 N–H and O–H groups in total. The lowest BCUT2D eigenvalue weighted by atomic mass is 10.1. The van der Waals surface area contributed by atoms with Crippen molar-refractivity contribution in [3.8, 4) is 0 Å². The first kappa shape index (κ1) is 17.0. The molecule has 0 bridgehead atoms. The lowest BCUT2D eigenvalue weighted by Crippen LogP contribution is -2.39. The number of guanidine groups is 1. The second kappa shape index (κ2) is 8.96. The summed E-state index contributed by atoms with van der Waals surface area (Å²) in [6.07, 6.45) is 3.15. The van der Waals surface area contributed by atoms with E-state index in [1.54, 1.807) is 6.07 Å². The Hall–Kier alpha value is -1.33. The zero-order valence-electron chi connectivity index (χ0n) is 12.9. The van der Waals surface area contributed by atoms with E-state index in [0.717, 1.165) is 37.5 Å². The zero-order chi connectivity index (χ0) is 15.8. The number of halogens is 2. The molecule has 2 rings (SSSR count). The molecular weight excluding hydrogens is 305 g/mol. The number of ether oxygens (including phenoxy) is 1. The third-order valence-electron chi connectivity index (χ3n) is 3.52. The predicted molar refractivity (Wildman–Crippen MR) is 88.1 cm³/mol. The fraction of sp³-hybridized carbons (Fsp3) is 0.562. The second-order valence-electron chi connectivity index (χ2n) is 5.27. The van der Waals surface area contributed by atoms with Crippen LogP contribution in [-0.2, 0) is 11.2 Å². The van der Waals surface area contributed by atoms with Crippen LogP contribution in [0, 0.1) is 5.82 Å². The molecule has 1 fully saturated rings. The maximum Gasteiger partial charge on any atom is 0.191 e. The van der Waals surface area contributed by atoms with Crippen LogP contribution in [-0.4, -0.2) is 38.3 Å². The highest BCUT2D eigenvalue weighted by atomic mass is 35.5. The standard InChI is InChI=1S/C16H23ClFN3O/c1-2-19-16(21-11-14-4-3-9-22-14)20-8-7-12-5-6-13(18)10-15(12)17/h5-6,10,14H,2-4,7-9,11H2,1H3,(H2,19,20,21). The minimum atomic E-state index is -0.312. The summed E-state index contributed by atoms with van der Waals surface area (Å²) in [7, 11) is 0. The van der Waals surface area contributed by atoms with Crippen LogP contribution in [0.15, 0.2) is 23.2 Å². The van der Waals surface area contributed by atoms with Crippen LogP contribution in [0.3, 0.4) is 0 Å². The van der Waals surface area contributed by atoms with Gasteiger partial charge in [-0.3, -0.25) is 4.99 Å². The summed E-state index contributed by atoms with van der Waals surface area (Å²) in [4.78, 5) is 4.54. The molecule has 4 nitrogen and oxygen atoms in total. The molecule has 0 aliphatic carbocycles. The first-order valence-corrected chi connectivity index (χ1v) is 8.14. The highest BCUT2D eigenvalue weighted by molar-refractivity contribution is 6.31. The van der Waals surface area contributed by atoms with Gasteiger partial charge in [0.05, 0.1) is 12.6 Å². The molecule has 1 aromatic carbocycles. The van der Waals surface area contributed by atoms with Gasteiger partial charge in [0.2, 0.25) is 0 Å². The summed E-state index contributed by atoms with van der Waals surface area (Å²) in [6, 6.07) is 4.49. The van der Waals surface area contributed by atoms with Crippen molar-refractivity contribution in [2.45, 2.75) is 32.3 Å². The number of rotatable bonds is 6. The van der Waals surface area contributed by atoms with Gasteiger partial charge in [0, 0.05) is 24.7 Å². The Balaban J connectivity index is 1.81. The molecule has 122 valence electrons.